The fourth-order valence-corrected chi connectivity index (χ4v) is 2.75. The lowest BCUT2D eigenvalue weighted by Gasteiger charge is -2.39. The van der Waals surface area contributed by atoms with E-state index in [1.807, 2.05) is 7.05 Å². The Bertz CT molecular complexity index is 409. The van der Waals surface area contributed by atoms with Crippen LogP contribution >= 0.6 is 0 Å². The molecule has 0 spiro atoms. The molecule has 2 atom stereocenters. The van der Waals surface area contributed by atoms with Gasteiger partial charge in [0, 0.05) is 24.2 Å². The molecule has 1 aliphatic rings. The number of piperidine rings is 1. The van der Waals surface area contributed by atoms with Gasteiger partial charge in [-0.25, -0.2) is 8.78 Å². The van der Waals surface area contributed by atoms with Crippen LogP contribution in [0.1, 0.15) is 31.4 Å². The lowest BCUT2D eigenvalue weighted by molar-refractivity contribution is 0.131. The zero-order valence-electron chi connectivity index (χ0n) is 10.9. The van der Waals surface area contributed by atoms with Gasteiger partial charge in [-0.3, -0.25) is 4.90 Å². The Morgan fingerprint density at radius 1 is 1.39 bits per heavy atom. The maximum absolute atomic E-state index is 13.9. The first-order valence-electron chi connectivity index (χ1n) is 6.52. The van der Waals surface area contributed by atoms with E-state index in [0.717, 1.165) is 25.9 Å². The van der Waals surface area contributed by atoms with Crippen molar-refractivity contribution in [1.82, 2.24) is 10.2 Å². The van der Waals surface area contributed by atoms with Crippen LogP contribution in [-0.4, -0.2) is 31.1 Å². The normalized spacial score (nSPS) is 25.3. The second kappa shape index (κ2) is 5.76. The summed E-state index contributed by atoms with van der Waals surface area (Å²) in [6.45, 7) is 3.84. The molecule has 0 aliphatic carbocycles. The minimum Gasteiger partial charge on any atom is -0.317 e. The number of nitrogens with one attached hydrogen (secondary N) is 1. The molecule has 0 radical (unpaired) electrons. The van der Waals surface area contributed by atoms with Gasteiger partial charge in [-0.15, -0.1) is 0 Å². The average molecular weight is 254 g/mol. The molecule has 0 saturated carbocycles. The maximum atomic E-state index is 13.9. The van der Waals surface area contributed by atoms with E-state index in [1.165, 1.54) is 18.2 Å². The van der Waals surface area contributed by atoms with E-state index in [1.54, 1.807) is 0 Å². The van der Waals surface area contributed by atoms with Crippen LogP contribution in [0.2, 0.25) is 0 Å². The van der Waals surface area contributed by atoms with Crippen molar-refractivity contribution in [2.24, 2.45) is 0 Å². The summed E-state index contributed by atoms with van der Waals surface area (Å²) in [5.74, 6) is -0.675. The van der Waals surface area contributed by atoms with Crippen molar-refractivity contribution in [3.05, 3.63) is 35.4 Å². The van der Waals surface area contributed by atoms with Gasteiger partial charge in [0.15, 0.2) is 0 Å². The molecule has 2 rings (SSSR count). The average Bonchev–Trinajstić information content (AvgIpc) is 2.40. The van der Waals surface area contributed by atoms with E-state index in [4.69, 9.17) is 0 Å². The SMILES string of the molecule is CCN1CCC(NC)CC1c1cc(F)ccc1F. The smallest absolute Gasteiger partial charge is 0.128 e. The number of hydrogen-bond acceptors (Lipinski definition) is 2. The van der Waals surface area contributed by atoms with Crippen LogP contribution in [0, 0.1) is 11.6 Å². The molecule has 18 heavy (non-hydrogen) atoms. The Morgan fingerprint density at radius 3 is 2.83 bits per heavy atom. The summed E-state index contributed by atoms with van der Waals surface area (Å²) < 4.78 is 27.2. The quantitative estimate of drug-likeness (QED) is 0.892. The molecule has 1 aliphatic heterocycles. The molecular weight excluding hydrogens is 234 g/mol. The fourth-order valence-electron chi connectivity index (χ4n) is 2.75. The van der Waals surface area contributed by atoms with Gasteiger partial charge >= 0.3 is 0 Å². The van der Waals surface area contributed by atoms with Crippen molar-refractivity contribution in [1.29, 1.82) is 0 Å². The van der Waals surface area contributed by atoms with Crippen LogP contribution in [0.4, 0.5) is 8.78 Å². The van der Waals surface area contributed by atoms with Gasteiger partial charge < -0.3 is 5.32 Å². The van der Waals surface area contributed by atoms with Crippen LogP contribution in [0.25, 0.3) is 0 Å². The fraction of sp³-hybridized carbons (Fsp3) is 0.571. The molecule has 1 N–H and O–H groups in total. The van der Waals surface area contributed by atoms with Gasteiger partial charge in [-0.1, -0.05) is 6.92 Å². The van der Waals surface area contributed by atoms with E-state index in [0.29, 0.717) is 11.6 Å². The summed E-state index contributed by atoms with van der Waals surface area (Å²) in [7, 11) is 1.92. The molecule has 1 aromatic carbocycles. The van der Waals surface area contributed by atoms with Crippen LogP contribution in [0.5, 0.6) is 0 Å². The molecule has 2 unspecified atom stereocenters. The van der Waals surface area contributed by atoms with Gasteiger partial charge in [0.1, 0.15) is 11.6 Å². The standard InChI is InChI=1S/C14H20F2N2/c1-3-18-7-6-11(17-2)9-14(18)12-8-10(15)4-5-13(12)16/h4-5,8,11,14,17H,3,6-7,9H2,1-2H3. The van der Waals surface area contributed by atoms with Crippen LogP contribution in [-0.2, 0) is 0 Å². The molecule has 100 valence electrons. The van der Waals surface area contributed by atoms with Crippen molar-refractivity contribution < 1.29 is 8.78 Å². The summed E-state index contributed by atoms with van der Waals surface area (Å²) >= 11 is 0. The Balaban J connectivity index is 2.29. The van der Waals surface area contributed by atoms with Crippen molar-refractivity contribution in [3.8, 4) is 0 Å². The van der Waals surface area contributed by atoms with E-state index >= 15 is 0 Å². The highest BCUT2D eigenvalue weighted by Crippen LogP contribution is 2.32. The molecule has 1 saturated heterocycles. The van der Waals surface area contributed by atoms with Gasteiger partial charge in [-0.05, 0) is 44.6 Å². The zero-order valence-corrected chi connectivity index (χ0v) is 10.9. The van der Waals surface area contributed by atoms with Crippen molar-refractivity contribution in [3.63, 3.8) is 0 Å². The van der Waals surface area contributed by atoms with E-state index in [2.05, 4.69) is 17.1 Å². The van der Waals surface area contributed by atoms with Crippen LogP contribution < -0.4 is 5.32 Å². The third-order valence-corrected chi connectivity index (χ3v) is 3.84. The van der Waals surface area contributed by atoms with Crippen molar-refractivity contribution in [2.75, 3.05) is 20.1 Å². The molecule has 1 fully saturated rings. The highest BCUT2D eigenvalue weighted by atomic mass is 19.1. The molecule has 2 nitrogen and oxygen atoms in total. The van der Waals surface area contributed by atoms with Crippen molar-refractivity contribution in [2.45, 2.75) is 31.8 Å². The molecular formula is C14H20F2N2. The number of nitrogens with zero attached hydrogens (tertiary/aromatic N) is 1. The topological polar surface area (TPSA) is 15.3 Å². The Kier molecular flexibility index (Phi) is 4.30. The molecule has 0 bridgehead atoms. The van der Waals surface area contributed by atoms with E-state index in [-0.39, 0.29) is 17.7 Å². The zero-order chi connectivity index (χ0) is 13.1. The van der Waals surface area contributed by atoms with Crippen LogP contribution in [0.3, 0.4) is 0 Å². The Labute approximate surface area is 107 Å². The summed E-state index contributed by atoms with van der Waals surface area (Å²) in [5, 5.41) is 3.24. The van der Waals surface area contributed by atoms with Gasteiger partial charge in [0.05, 0.1) is 0 Å². The second-order valence-corrected chi connectivity index (χ2v) is 4.82. The predicted octanol–water partition coefficient (Wildman–Crippen LogP) is 2.71. The predicted molar refractivity (Wildman–Crippen MR) is 68.4 cm³/mol. The number of likely N-dealkylation sites (tertiary alicyclic amines) is 1. The highest BCUT2D eigenvalue weighted by Gasteiger charge is 2.29. The van der Waals surface area contributed by atoms with Crippen molar-refractivity contribution >= 4 is 0 Å². The highest BCUT2D eigenvalue weighted by molar-refractivity contribution is 5.23. The van der Waals surface area contributed by atoms with Gasteiger partial charge in [-0.2, -0.15) is 0 Å². The second-order valence-electron chi connectivity index (χ2n) is 4.82. The third-order valence-electron chi connectivity index (χ3n) is 3.84. The maximum Gasteiger partial charge on any atom is 0.128 e. The molecule has 0 amide bonds. The molecule has 1 heterocycles. The van der Waals surface area contributed by atoms with Crippen LogP contribution in [0.15, 0.2) is 18.2 Å². The lowest BCUT2D eigenvalue weighted by Crippen LogP contribution is -2.43. The number of halogens is 2. The summed E-state index contributed by atoms with van der Waals surface area (Å²) in [5.41, 5.74) is 0.483. The molecule has 0 aromatic heterocycles. The lowest BCUT2D eigenvalue weighted by atomic mass is 9.91. The molecule has 1 aromatic rings. The number of benzene rings is 1. The first-order chi connectivity index (χ1) is 8.65. The minimum atomic E-state index is -0.367. The monoisotopic (exact) mass is 254 g/mol. The largest absolute Gasteiger partial charge is 0.317 e. The Morgan fingerprint density at radius 2 is 2.17 bits per heavy atom. The summed E-state index contributed by atoms with van der Waals surface area (Å²) in [6, 6.07) is 4.08. The number of hydrogen-bond donors (Lipinski definition) is 1. The minimum absolute atomic E-state index is 0.0306. The molecule has 4 heteroatoms. The number of rotatable bonds is 3. The van der Waals surface area contributed by atoms with E-state index in [9.17, 15) is 8.78 Å². The summed E-state index contributed by atoms with van der Waals surface area (Å²) in [4.78, 5) is 2.21. The van der Waals surface area contributed by atoms with E-state index < -0.39 is 0 Å². The first-order valence-corrected chi connectivity index (χ1v) is 6.52. The summed E-state index contributed by atoms with van der Waals surface area (Å²) in [6.07, 6.45) is 1.88. The third kappa shape index (κ3) is 2.70. The Hall–Kier alpha value is -1.00. The van der Waals surface area contributed by atoms with Gasteiger partial charge in [0.25, 0.3) is 0 Å². The van der Waals surface area contributed by atoms with Gasteiger partial charge in [0.2, 0.25) is 0 Å². The first kappa shape index (κ1) is 13.4.